The number of rotatable bonds is 3. The van der Waals surface area contributed by atoms with Gasteiger partial charge in [-0.2, -0.15) is 0 Å². The Balaban J connectivity index is 2.04. The van der Waals surface area contributed by atoms with E-state index in [0.29, 0.717) is 5.16 Å². The monoisotopic (exact) mass is 288 g/mol. The van der Waals surface area contributed by atoms with Crippen LogP contribution in [0.3, 0.4) is 0 Å². The van der Waals surface area contributed by atoms with E-state index in [1.54, 1.807) is 18.8 Å². The molecule has 0 aliphatic heterocycles. The summed E-state index contributed by atoms with van der Waals surface area (Å²) in [6, 6.07) is 5.62. The lowest BCUT2D eigenvalue weighted by Gasteiger charge is -2.06. The average Bonchev–Trinajstić information content (AvgIpc) is 2.84. The summed E-state index contributed by atoms with van der Waals surface area (Å²) in [6.45, 7) is 1.91. The van der Waals surface area contributed by atoms with E-state index < -0.39 is 0 Å². The van der Waals surface area contributed by atoms with Gasteiger partial charge < -0.3 is 4.74 Å². The molecular weight excluding hydrogens is 276 g/mol. The van der Waals surface area contributed by atoms with Gasteiger partial charge in [0.25, 0.3) is 0 Å². The molecule has 3 rings (SSSR count). The van der Waals surface area contributed by atoms with Gasteiger partial charge in [0.15, 0.2) is 0 Å². The number of tetrazole rings is 1. The maximum absolute atomic E-state index is 5.19. The number of benzene rings is 1. The minimum Gasteiger partial charge on any atom is -0.497 e. The topological polar surface area (TPSA) is 78.6 Å². The number of aryl methyl sites for hydroxylation is 2. The fourth-order valence-corrected chi connectivity index (χ4v) is 2.48. The van der Waals surface area contributed by atoms with Crippen LogP contribution in [-0.2, 0) is 7.05 Å². The molecule has 0 saturated heterocycles. The number of aromatic nitrogens is 6. The highest BCUT2D eigenvalue weighted by atomic mass is 32.2. The summed E-state index contributed by atoms with van der Waals surface area (Å²) in [6.07, 6.45) is 0. The van der Waals surface area contributed by atoms with Crippen molar-refractivity contribution in [3.8, 4) is 5.75 Å². The molecule has 2 aromatic heterocycles. The van der Waals surface area contributed by atoms with Crippen molar-refractivity contribution in [2.24, 2.45) is 7.05 Å². The summed E-state index contributed by atoms with van der Waals surface area (Å²) < 4.78 is 6.79. The van der Waals surface area contributed by atoms with Crippen molar-refractivity contribution in [2.45, 2.75) is 17.1 Å². The molecule has 102 valence electrons. The van der Waals surface area contributed by atoms with E-state index in [0.717, 1.165) is 27.5 Å². The quantitative estimate of drug-likeness (QED) is 0.724. The predicted molar refractivity (Wildman–Crippen MR) is 73.7 cm³/mol. The minimum atomic E-state index is 0.676. The molecule has 0 N–H and O–H groups in total. The minimum absolute atomic E-state index is 0.676. The van der Waals surface area contributed by atoms with E-state index in [4.69, 9.17) is 4.74 Å². The second-order valence-electron chi connectivity index (χ2n) is 4.16. The molecule has 0 radical (unpaired) electrons. The Bertz CT molecular complexity index is 772. The first-order chi connectivity index (χ1) is 9.67. The fraction of sp³-hybridized carbons (Fsp3) is 0.250. The summed E-state index contributed by atoms with van der Waals surface area (Å²) in [5.41, 5.74) is 2.45. The summed E-state index contributed by atoms with van der Waals surface area (Å²) in [5.74, 6) is 0.768. The second kappa shape index (κ2) is 5.04. The Labute approximate surface area is 119 Å². The number of methoxy groups -OCH3 is 1. The molecule has 3 aromatic rings. The predicted octanol–water partition coefficient (Wildman–Crippen LogP) is 1.62. The van der Waals surface area contributed by atoms with Crippen molar-refractivity contribution in [3.63, 3.8) is 0 Å². The maximum Gasteiger partial charge on any atom is 0.215 e. The zero-order valence-corrected chi connectivity index (χ0v) is 12.0. The van der Waals surface area contributed by atoms with Gasteiger partial charge in [0, 0.05) is 13.1 Å². The van der Waals surface area contributed by atoms with Crippen LogP contribution in [0.25, 0.3) is 11.0 Å². The van der Waals surface area contributed by atoms with Crippen molar-refractivity contribution >= 4 is 22.8 Å². The number of fused-ring (bicyclic) bond motifs is 1. The highest BCUT2D eigenvalue weighted by Crippen LogP contribution is 2.28. The molecule has 0 saturated carbocycles. The molecule has 0 aliphatic carbocycles. The van der Waals surface area contributed by atoms with Crippen LogP contribution in [0, 0.1) is 6.92 Å². The summed E-state index contributed by atoms with van der Waals surface area (Å²) in [5, 5.41) is 12.8. The molecule has 0 spiro atoms. The molecule has 0 atom stereocenters. The second-order valence-corrected chi connectivity index (χ2v) is 5.11. The zero-order valence-electron chi connectivity index (χ0n) is 11.2. The molecule has 1 aromatic carbocycles. The Morgan fingerprint density at radius 2 is 2.05 bits per heavy atom. The van der Waals surface area contributed by atoms with Gasteiger partial charge >= 0.3 is 0 Å². The fourth-order valence-electron chi connectivity index (χ4n) is 1.72. The molecule has 2 heterocycles. The van der Waals surface area contributed by atoms with E-state index in [9.17, 15) is 0 Å². The van der Waals surface area contributed by atoms with Gasteiger partial charge in [-0.25, -0.2) is 14.6 Å². The van der Waals surface area contributed by atoms with Gasteiger partial charge in [0.2, 0.25) is 5.16 Å². The smallest absolute Gasteiger partial charge is 0.215 e. The maximum atomic E-state index is 5.19. The molecule has 0 aliphatic rings. The van der Waals surface area contributed by atoms with E-state index in [1.807, 2.05) is 25.1 Å². The largest absolute Gasteiger partial charge is 0.497 e. The Kier molecular flexibility index (Phi) is 3.23. The Morgan fingerprint density at radius 1 is 1.20 bits per heavy atom. The van der Waals surface area contributed by atoms with Gasteiger partial charge in [0.1, 0.15) is 10.8 Å². The molecular formula is C12H12N6OS. The zero-order chi connectivity index (χ0) is 14.1. The SMILES string of the molecule is COc1ccc2nc(Sc3nnnn3C)c(C)nc2c1. The number of nitrogens with zero attached hydrogens (tertiary/aromatic N) is 6. The van der Waals surface area contributed by atoms with Crippen LogP contribution in [0.1, 0.15) is 5.69 Å². The first-order valence-electron chi connectivity index (χ1n) is 5.90. The van der Waals surface area contributed by atoms with E-state index >= 15 is 0 Å². The van der Waals surface area contributed by atoms with Gasteiger partial charge in [0.05, 0.1) is 23.8 Å². The highest BCUT2D eigenvalue weighted by Gasteiger charge is 2.11. The molecule has 0 amide bonds. The summed E-state index contributed by atoms with van der Waals surface area (Å²) in [7, 11) is 3.42. The lowest BCUT2D eigenvalue weighted by atomic mass is 10.3. The third-order valence-electron chi connectivity index (χ3n) is 2.77. The average molecular weight is 288 g/mol. The van der Waals surface area contributed by atoms with Gasteiger partial charge in [-0.15, -0.1) is 5.10 Å². The van der Waals surface area contributed by atoms with Gasteiger partial charge in [-0.1, -0.05) is 0 Å². The van der Waals surface area contributed by atoms with Crippen LogP contribution in [0.4, 0.5) is 0 Å². The first-order valence-corrected chi connectivity index (χ1v) is 6.71. The van der Waals surface area contributed by atoms with Gasteiger partial charge in [-0.05, 0) is 41.2 Å². The van der Waals surface area contributed by atoms with Crippen LogP contribution in [-0.4, -0.2) is 37.3 Å². The van der Waals surface area contributed by atoms with Crippen LogP contribution in [0.5, 0.6) is 5.75 Å². The third-order valence-corrected chi connectivity index (χ3v) is 3.88. The molecule has 20 heavy (non-hydrogen) atoms. The van der Waals surface area contributed by atoms with E-state index in [1.165, 1.54) is 11.8 Å². The van der Waals surface area contributed by atoms with Crippen molar-refractivity contribution < 1.29 is 4.74 Å². The Hall–Kier alpha value is -2.22. The highest BCUT2D eigenvalue weighted by molar-refractivity contribution is 7.99. The van der Waals surface area contributed by atoms with Gasteiger partial charge in [-0.3, -0.25) is 0 Å². The summed E-state index contributed by atoms with van der Waals surface area (Å²) in [4.78, 5) is 9.16. The Morgan fingerprint density at radius 3 is 2.75 bits per heavy atom. The number of ether oxygens (including phenoxy) is 1. The van der Waals surface area contributed by atoms with Crippen molar-refractivity contribution in [1.82, 2.24) is 30.2 Å². The molecule has 8 heteroatoms. The van der Waals surface area contributed by atoms with Crippen molar-refractivity contribution in [2.75, 3.05) is 7.11 Å². The van der Waals surface area contributed by atoms with E-state index in [-0.39, 0.29) is 0 Å². The molecule has 0 fully saturated rings. The van der Waals surface area contributed by atoms with Crippen LogP contribution >= 0.6 is 11.8 Å². The first kappa shape index (κ1) is 12.8. The van der Waals surface area contributed by atoms with Crippen molar-refractivity contribution in [1.29, 1.82) is 0 Å². The van der Waals surface area contributed by atoms with Crippen molar-refractivity contribution in [3.05, 3.63) is 23.9 Å². The molecule has 0 unspecified atom stereocenters. The lowest BCUT2D eigenvalue weighted by Crippen LogP contribution is -1.97. The lowest BCUT2D eigenvalue weighted by molar-refractivity contribution is 0.415. The summed E-state index contributed by atoms with van der Waals surface area (Å²) >= 11 is 1.39. The third kappa shape index (κ3) is 2.29. The number of hydrogen-bond donors (Lipinski definition) is 0. The molecule has 7 nitrogen and oxygen atoms in total. The normalized spacial score (nSPS) is 10.9. The number of hydrogen-bond acceptors (Lipinski definition) is 7. The standard InChI is InChI=1S/C12H12N6OS/c1-7-11(20-12-15-16-17-18(12)2)14-9-5-4-8(19-3)6-10(9)13-7/h4-6H,1-3H3. The van der Waals surface area contributed by atoms with Crippen LogP contribution in [0.2, 0.25) is 0 Å². The van der Waals surface area contributed by atoms with Crippen LogP contribution < -0.4 is 4.74 Å². The van der Waals surface area contributed by atoms with Crippen LogP contribution in [0.15, 0.2) is 28.4 Å². The van der Waals surface area contributed by atoms with E-state index in [2.05, 4.69) is 25.5 Å². The molecule has 0 bridgehead atoms.